The quantitative estimate of drug-likeness (QED) is 0.322. The molecule has 0 aliphatic rings. The van der Waals surface area contributed by atoms with Gasteiger partial charge < -0.3 is 4.74 Å². The molecule has 0 aromatic heterocycles. The molecule has 1 aromatic carbocycles. The number of nitro groups is 1. The number of hydrogen-bond acceptors (Lipinski definition) is 4. The Kier molecular flexibility index (Phi) is 5.84. The highest BCUT2D eigenvalue weighted by atomic mass is 16.6. The van der Waals surface area contributed by atoms with Crippen LogP contribution < -0.4 is 0 Å². The zero-order valence-corrected chi connectivity index (χ0v) is 10.4. The topological polar surface area (TPSA) is 69.4 Å². The minimum atomic E-state index is -0.500. The van der Waals surface area contributed by atoms with Crippen LogP contribution in [0.1, 0.15) is 43.0 Å². The van der Waals surface area contributed by atoms with E-state index in [2.05, 4.69) is 6.92 Å². The van der Waals surface area contributed by atoms with Crippen molar-refractivity contribution in [2.75, 3.05) is 6.61 Å². The van der Waals surface area contributed by atoms with Crippen LogP contribution in [0.15, 0.2) is 24.3 Å². The Morgan fingerprint density at radius 2 is 1.89 bits per heavy atom. The number of hydrogen-bond donors (Lipinski definition) is 0. The fourth-order valence-corrected chi connectivity index (χ4v) is 1.50. The minimum absolute atomic E-state index is 0.0329. The molecular weight excluding hydrogens is 234 g/mol. The van der Waals surface area contributed by atoms with Crippen LogP contribution in [0, 0.1) is 10.1 Å². The number of carbonyl (C=O) groups excluding carboxylic acids is 1. The van der Waals surface area contributed by atoms with Gasteiger partial charge in [-0.15, -0.1) is 0 Å². The van der Waals surface area contributed by atoms with Gasteiger partial charge in [0.15, 0.2) is 0 Å². The number of ether oxygens (including phenoxy) is 1. The zero-order valence-electron chi connectivity index (χ0n) is 10.4. The largest absolute Gasteiger partial charge is 0.462 e. The van der Waals surface area contributed by atoms with Crippen LogP contribution in [0.4, 0.5) is 5.69 Å². The summed E-state index contributed by atoms with van der Waals surface area (Å²) in [6, 6.07) is 5.42. The van der Waals surface area contributed by atoms with Gasteiger partial charge in [0.1, 0.15) is 0 Å². The first-order valence-electron chi connectivity index (χ1n) is 6.06. The second kappa shape index (κ2) is 7.42. The van der Waals surface area contributed by atoms with Crippen LogP contribution >= 0.6 is 0 Å². The van der Waals surface area contributed by atoms with E-state index in [9.17, 15) is 14.9 Å². The van der Waals surface area contributed by atoms with Crippen LogP contribution in [0.2, 0.25) is 0 Å². The summed E-state index contributed by atoms with van der Waals surface area (Å²) in [6.45, 7) is 2.51. The highest BCUT2D eigenvalue weighted by Crippen LogP contribution is 2.12. The van der Waals surface area contributed by atoms with Crippen LogP contribution in [-0.4, -0.2) is 17.5 Å². The summed E-state index contributed by atoms with van der Waals surface area (Å²) in [7, 11) is 0. The number of nitrogens with zero attached hydrogens (tertiary/aromatic N) is 1. The molecule has 18 heavy (non-hydrogen) atoms. The lowest BCUT2D eigenvalue weighted by molar-refractivity contribution is -0.384. The minimum Gasteiger partial charge on any atom is -0.462 e. The smallest absolute Gasteiger partial charge is 0.338 e. The predicted molar refractivity (Wildman–Crippen MR) is 67.5 cm³/mol. The van der Waals surface area contributed by atoms with Gasteiger partial charge in [0.2, 0.25) is 0 Å². The Labute approximate surface area is 106 Å². The summed E-state index contributed by atoms with van der Waals surface area (Å²) < 4.78 is 5.07. The molecule has 1 rings (SSSR count). The monoisotopic (exact) mass is 251 g/mol. The van der Waals surface area contributed by atoms with Gasteiger partial charge in [0, 0.05) is 12.1 Å². The molecule has 0 spiro atoms. The first-order valence-corrected chi connectivity index (χ1v) is 6.06. The lowest BCUT2D eigenvalue weighted by Gasteiger charge is -2.04. The van der Waals surface area contributed by atoms with E-state index in [0.717, 1.165) is 25.7 Å². The Morgan fingerprint density at radius 1 is 1.22 bits per heavy atom. The number of unbranched alkanes of at least 4 members (excludes halogenated alkanes) is 3. The van der Waals surface area contributed by atoms with Crippen molar-refractivity contribution in [3.63, 3.8) is 0 Å². The second-order valence-electron chi connectivity index (χ2n) is 4.00. The lowest BCUT2D eigenvalue weighted by atomic mass is 10.2. The third-order valence-corrected chi connectivity index (χ3v) is 2.54. The van der Waals surface area contributed by atoms with E-state index >= 15 is 0 Å². The van der Waals surface area contributed by atoms with Crippen LogP contribution in [0.3, 0.4) is 0 Å². The van der Waals surface area contributed by atoms with Crippen molar-refractivity contribution < 1.29 is 14.5 Å². The predicted octanol–water partition coefficient (Wildman–Crippen LogP) is 3.33. The molecular formula is C13H17NO4. The molecule has 0 radical (unpaired) electrons. The highest BCUT2D eigenvalue weighted by molar-refractivity contribution is 5.89. The first-order chi connectivity index (χ1) is 8.65. The molecule has 0 unspecified atom stereocenters. The SMILES string of the molecule is CCCCCCOC(=O)c1ccc([N+](=O)[O-])cc1. The average Bonchev–Trinajstić information content (AvgIpc) is 2.38. The van der Waals surface area contributed by atoms with Gasteiger partial charge in [-0.2, -0.15) is 0 Å². The summed E-state index contributed by atoms with van der Waals surface area (Å²) in [6.07, 6.45) is 4.17. The van der Waals surface area contributed by atoms with Gasteiger partial charge in [-0.25, -0.2) is 4.79 Å². The maximum Gasteiger partial charge on any atom is 0.338 e. The molecule has 0 amide bonds. The Bertz CT molecular complexity index is 400. The number of rotatable bonds is 7. The molecule has 0 N–H and O–H groups in total. The third-order valence-electron chi connectivity index (χ3n) is 2.54. The van der Waals surface area contributed by atoms with Gasteiger partial charge in [-0.1, -0.05) is 26.2 Å². The molecule has 5 heteroatoms. The summed E-state index contributed by atoms with van der Waals surface area (Å²) in [5, 5.41) is 10.4. The van der Waals surface area contributed by atoms with Gasteiger partial charge in [0.05, 0.1) is 17.1 Å². The molecule has 98 valence electrons. The van der Waals surface area contributed by atoms with Crippen molar-refractivity contribution in [2.24, 2.45) is 0 Å². The summed E-state index contributed by atoms with van der Waals surface area (Å²) in [4.78, 5) is 21.5. The van der Waals surface area contributed by atoms with Crippen molar-refractivity contribution in [2.45, 2.75) is 32.6 Å². The Morgan fingerprint density at radius 3 is 2.44 bits per heavy atom. The van der Waals surface area contributed by atoms with E-state index in [4.69, 9.17) is 4.74 Å². The highest BCUT2D eigenvalue weighted by Gasteiger charge is 2.10. The molecule has 0 bridgehead atoms. The summed E-state index contributed by atoms with van der Waals surface area (Å²) >= 11 is 0. The van der Waals surface area contributed by atoms with Crippen LogP contribution in [-0.2, 0) is 4.74 Å². The zero-order chi connectivity index (χ0) is 13.4. The number of esters is 1. The molecule has 5 nitrogen and oxygen atoms in total. The molecule has 0 saturated heterocycles. The number of nitro benzene ring substituents is 1. The summed E-state index contributed by atoms with van der Waals surface area (Å²) in [5.41, 5.74) is 0.311. The average molecular weight is 251 g/mol. The van der Waals surface area contributed by atoms with Crippen LogP contribution in [0.5, 0.6) is 0 Å². The van der Waals surface area contributed by atoms with Crippen molar-refractivity contribution in [3.05, 3.63) is 39.9 Å². The number of benzene rings is 1. The molecule has 0 atom stereocenters. The lowest BCUT2D eigenvalue weighted by Crippen LogP contribution is -2.06. The molecule has 1 aromatic rings. The summed E-state index contributed by atoms with van der Waals surface area (Å²) in [5.74, 6) is -0.429. The van der Waals surface area contributed by atoms with Gasteiger partial charge in [0.25, 0.3) is 5.69 Å². The van der Waals surface area contributed by atoms with Crippen molar-refractivity contribution in [3.8, 4) is 0 Å². The van der Waals surface area contributed by atoms with E-state index in [1.54, 1.807) is 0 Å². The first kappa shape index (κ1) is 14.2. The molecule has 0 heterocycles. The van der Waals surface area contributed by atoms with E-state index in [-0.39, 0.29) is 5.69 Å². The van der Waals surface area contributed by atoms with E-state index in [1.807, 2.05) is 0 Å². The Hall–Kier alpha value is -1.91. The maximum atomic E-state index is 11.6. The molecule has 0 saturated carbocycles. The standard InChI is InChI=1S/C13H17NO4/c1-2-3-4-5-10-18-13(15)11-6-8-12(9-7-11)14(16)17/h6-9H,2-5,10H2,1H3. The number of carbonyl (C=O) groups is 1. The maximum absolute atomic E-state index is 11.6. The van der Waals surface area contributed by atoms with E-state index < -0.39 is 10.9 Å². The van der Waals surface area contributed by atoms with E-state index in [0.29, 0.717) is 12.2 Å². The molecule has 0 fully saturated rings. The Balaban J connectivity index is 2.39. The van der Waals surface area contributed by atoms with E-state index in [1.165, 1.54) is 24.3 Å². The van der Waals surface area contributed by atoms with Crippen molar-refractivity contribution in [1.82, 2.24) is 0 Å². The van der Waals surface area contributed by atoms with Crippen molar-refractivity contribution >= 4 is 11.7 Å². The molecule has 0 aliphatic heterocycles. The van der Waals surface area contributed by atoms with Gasteiger partial charge in [-0.05, 0) is 18.6 Å². The fraction of sp³-hybridized carbons (Fsp3) is 0.462. The second-order valence-corrected chi connectivity index (χ2v) is 4.00. The number of non-ortho nitro benzene ring substituents is 1. The fourth-order valence-electron chi connectivity index (χ4n) is 1.50. The van der Waals surface area contributed by atoms with Gasteiger partial charge in [-0.3, -0.25) is 10.1 Å². The normalized spacial score (nSPS) is 10.1. The van der Waals surface area contributed by atoms with Gasteiger partial charge >= 0.3 is 5.97 Å². The molecule has 0 aliphatic carbocycles. The van der Waals surface area contributed by atoms with Crippen molar-refractivity contribution in [1.29, 1.82) is 0 Å². The van der Waals surface area contributed by atoms with Crippen LogP contribution in [0.25, 0.3) is 0 Å². The third kappa shape index (κ3) is 4.53.